The number of alkyl halides is 3. The predicted molar refractivity (Wildman–Crippen MR) is 103 cm³/mol. The third-order valence-electron chi connectivity index (χ3n) is 6.05. The van der Waals surface area contributed by atoms with Crippen LogP contribution < -0.4 is 0 Å². The molecule has 31 heavy (non-hydrogen) atoms. The number of carbonyl (C=O) groups is 2. The highest BCUT2D eigenvalue weighted by Gasteiger charge is 2.41. The maximum atomic E-state index is 13.5. The lowest BCUT2D eigenvalue weighted by Crippen LogP contribution is -2.38. The molecule has 9 heteroatoms. The summed E-state index contributed by atoms with van der Waals surface area (Å²) in [5.74, 6) is -0.407. The van der Waals surface area contributed by atoms with Gasteiger partial charge in [0.05, 0.1) is 18.8 Å². The average molecular weight is 437 g/mol. The number of halogens is 4. The normalized spacial score (nSPS) is 19.4. The lowest BCUT2D eigenvalue weighted by atomic mass is 9.85. The Hall–Kier alpha value is -2.71. The van der Waals surface area contributed by atoms with E-state index >= 15 is 0 Å². The number of fused-ring (bicyclic) bond motifs is 1. The highest BCUT2D eigenvalue weighted by Crippen LogP contribution is 2.36. The summed E-state index contributed by atoms with van der Waals surface area (Å²) in [6.07, 6.45) is -1.74. The van der Waals surface area contributed by atoms with Gasteiger partial charge in [0, 0.05) is 31.4 Å². The standard InChI is InChI=1S/C22H23F4N3O2/c23-16-6-4-14(5-7-16)12-29-19-13-28(9-8-18(19)21(27-29)22(24,25)26)20(31)11-15-2-1-3-17(30)10-15/h4-7,15H,1-3,8-13H2. The summed E-state index contributed by atoms with van der Waals surface area (Å²) in [5.41, 5.74) is 0.168. The Morgan fingerprint density at radius 1 is 1.16 bits per heavy atom. The van der Waals surface area contributed by atoms with E-state index in [1.165, 1.54) is 28.9 Å². The monoisotopic (exact) mass is 437 g/mol. The quantitative estimate of drug-likeness (QED) is 0.676. The van der Waals surface area contributed by atoms with Crippen molar-refractivity contribution in [2.24, 2.45) is 5.92 Å². The second-order valence-corrected chi connectivity index (χ2v) is 8.33. The average Bonchev–Trinajstić information content (AvgIpc) is 3.08. The molecule has 1 aliphatic heterocycles. The smallest absolute Gasteiger partial charge is 0.336 e. The molecule has 1 fully saturated rings. The minimum Gasteiger partial charge on any atom is -0.336 e. The number of nitrogens with zero attached hydrogens (tertiary/aromatic N) is 3. The van der Waals surface area contributed by atoms with Crippen LogP contribution in [-0.4, -0.2) is 32.9 Å². The number of benzene rings is 1. The van der Waals surface area contributed by atoms with Crippen LogP contribution >= 0.6 is 0 Å². The number of ketones is 1. The van der Waals surface area contributed by atoms with Gasteiger partial charge in [-0.05, 0) is 42.9 Å². The second-order valence-electron chi connectivity index (χ2n) is 8.33. The second kappa shape index (κ2) is 8.43. The Balaban J connectivity index is 1.56. The SMILES string of the molecule is O=C1CCCC(CC(=O)N2CCc3c(C(F)(F)F)nn(Cc4ccc(F)cc4)c3C2)C1. The molecule has 5 nitrogen and oxygen atoms in total. The molecule has 2 aliphatic rings. The largest absolute Gasteiger partial charge is 0.435 e. The fraction of sp³-hybridized carbons (Fsp3) is 0.500. The molecule has 1 atom stereocenters. The van der Waals surface area contributed by atoms with Crippen molar-refractivity contribution >= 4 is 11.7 Å². The molecule has 0 spiro atoms. The van der Waals surface area contributed by atoms with Crippen LogP contribution in [0.3, 0.4) is 0 Å². The van der Waals surface area contributed by atoms with E-state index in [9.17, 15) is 27.2 Å². The third kappa shape index (κ3) is 4.80. The first-order chi connectivity index (χ1) is 14.7. The Morgan fingerprint density at radius 2 is 1.90 bits per heavy atom. The van der Waals surface area contributed by atoms with Crippen LogP contribution in [0.4, 0.5) is 17.6 Å². The fourth-order valence-electron chi connectivity index (χ4n) is 4.48. The summed E-state index contributed by atoms with van der Waals surface area (Å²) in [7, 11) is 0. The summed E-state index contributed by atoms with van der Waals surface area (Å²) in [4.78, 5) is 26.0. The van der Waals surface area contributed by atoms with Gasteiger partial charge in [0.25, 0.3) is 0 Å². The summed E-state index contributed by atoms with van der Waals surface area (Å²) >= 11 is 0. The molecular weight excluding hydrogens is 414 g/mol. The molecule has 0 bridgehead atoms. The minimum absolute atomic E-state index is 0.00464. The maximum absolute atomic E-state index is 13.5. The van der Waals surface area contributed by atoms with Gasteiger partial charge >= 0.3 is 6.18 Å². The molecule has 2 aromatic rings. The zero-order valence-corrected chi connectivity index (χ0v) is 16.9. The molecule has 1 aromatic carbocycles. The lowest BCUT2D eigenvalue weighted by Gasteiger charge is -2.30. The highest BCUT2D eigenvalue weighted by atomic mass is 19.4. The van der Waals surface area contributed by atoms with Crippen molar-refractivity contribution in [2.45, 2.75) is 57.8 Å². The first-order valence-corrected chi connectivity index (χ1v) is 10.4. The predicted octanol–water partition coefficient (Wildman–Crippen LogP) is 4.12. The molecule has 0 N–H and O–H groups in total. The Kier molecular flexibility index (Phi) is 5.85. The fourth-order valence-corrected chi connectivity index (χ4v) is 4.48. The Morgan fingerprint density at radius 3 is 2.58 bits per heavy atom. The molecule has 2 heterocycles. The zero-order valence-electron chi connectivity index (χ0n) is 16.9. The van der Waals surface area contributed by atoms with E-state index in [0.717, 1.165) is 12.8 Å². The third-order valence-corrected chi connectivity index (χ3v) is 6.05. The van der Waals surface area contributed by atoms with Gasteiger partial charge in [-0.25, -0.2) is 4.39 Å². The molecule has 1 saturated carbocycles. The van der Waals surface area contributed by atoms with Crippen molar-refractivity contribution in [1.82, 2.24) is 14.7 Å². The van der Waals surface area contributed by atoms with Gasteiger partial charge in [0.1, 0.15) is 11.6 Å². The highest BCUT2D eigenvalue weighted by molar-refractivity contribution is 5.81. The molecule has 1 aliphatic carbocycles. The van der Waals surface area contributed by atoms with Crippen LogP contribution in [0, 0.1) is 11.7 Å². The number of carbonyl (C=O) groups excluding carboxylic acids is 2. The van der Waals surface area contributed by atoms with Crippen LogP contribution in [0.15, 0.2) is 24.3 Å². The van der Waals surface area contributed by atoms with Crippen LogP contribution in [0.1, 0.15) is 54.6 Å². The van der Waals surface area contributed by atoms with Gasteiger partial charge in [-0.3, -0.25) is 14.3 Å². The van der Waals surface area contributed by atoms with E-state index in [0.29, 0.717) is 24.1 Å². The van der Waals surface area contributed by atoms with Crippen LogP contribution in [0.2, 0.25) is 0 Å². The van der Waals surface area contributed by atoms with E-state index < -0.39 is 17.7 Å². The molecule has 166 valence electrons. The Labute approximate surface area is 177 Å². The molecule has 0 saturated heterocycles. The minimum atomic E-state index is -4.59. The molecule has 0 radical (unpaired) electrons. The molecule has 1 amide bonds. The van der Waals surface area contributed by atoms with Crippen molar-refractivity contribution in [2.75, 3.05) is 6.54 Å². The van der Waals surface area contributed by atoms with E-state index in [-0.39, 0.29) is 55.6 Å². The summed E-state index contributed by atoms with van der Waals surface area (Å²) in [5, 5.41) is 3.82. The molecular formula is C22H23F4N3O2. The van der Waals surface area contributed by atoms with Crippen LogP contribution in [0.5, 0.6) is 0 Å². The van der Waals surface area contributed by atoms with E-state index in [4.69, 9.17) is 0 Å². The van der Waals surface area contributed by atoms with Crippen molar-refractivity contribution in [3.05, 3.63) is 52.6 Å². The zero-order chi connectivity index (χ0) is 22.2. The summed E-state index contributed by atoms with van der Waals surface area (Å²) in [6.45, 7) is 0.286. The number of hydrogen-bond donors (Lipinski definition) is 0. The summed E-state index contributed by atoms with van der Waals surface area (Å²) < 4.78 is 55.1. The number of hydrogen-bond acceptors (Lipinski definition) is 3. The molecule has 1 unspecified atom stereocenters. The first-order valence-electron chi connectivity index (χ1n) is 10.4. The van der Waals surface area contributed by atoms with Crippen LogP contribution in [-0.2, 0) is 35.3 Å². The van der Waals surface area contributed by atoms with Gasteiger partial charge < -0.3 is 4.90 Å². The molecule has 4 rings (SSSR count). The molecule has 1 aromatic heterocycles. The number of Topliss-reactive ketones (excluding diaryl/α,β-unsaturated/α-hetero) is 1. The van der Waals surface area contributed by atoms with Gasteiger partial charge in [-0.15, -0.1) is 0 Å². The van der Waals surface area contributed by atoms with Gasteiger partial charge in [0.15, 0.2) is 5.69 Å². The summed E-state index contributed by atoms with van der Waals surface area (Å²) in [6, 6.07) is 5.50. The first kappa shape index (κ1) is 21.5. The van der Waals surface area contributed by atoms with E-state index in [2.05, 4.69) is 5.10 Å². The van der Waals surface area contributed by atoms with Crippen molar-refractivity contribution in [1.29, 1.82) is 0 Å². The van der Waals surface area contributed by atoms with Crippen LogP contribution in [0.25, 0.3) is 0 Å². The van der Waals surface area contributed by atoms with Gasteiger partial charge in [-0.2, -0.15) is 18.3 Å². The maximum Gasteiger partial charge on any atom is 0.435 e. The van der Waals surface area contributed by atoms with E-state index in [1.807, 2.05) is 0 Å². The topological polar surface area (TPSA) is 55.2 Å². The Bertz CT molecular complexity index is 982. The van der Waals surface area contributed by atoms with Crippen molar-refractivity contribution in [3.63, 3.8) is 0 Å². The number of rotatable bonds is 4. The number of aromatic nitrogens is 2. The van der Waals surface area contributed by atoms with Crippen molar-refractivity contribution in [3.8, 4) is 0 Å². The van der Waals surface area contributed by atoms with E-state index in [1.54, 1.807) is 4.90 Å². The van der Waals surface area contributed by atoms with Gasteiger partial charge in [0.2, 0.25) is 5.91 Å². The van der Waals surface area contributed by atoms with Crippen molar-refractivity contribution < 1.29 is 27.2 Å². The lowest BCUT2D eigenvalue weighted by molar-refractivity contribution is -0.142. The van der Waals surface area contributed by atoms with Gasteiger partial charge in [-0.1, -0.05) is 12.1 Å². The number of amides is 1.